The Labute approximate surface area is 94.8 Å². The van der Waals surface area contributed by atoms with Gasteiger partial charge in [-0.1, -0.05) is 18.2 Å². The maximum absolute atomic E-state index is 12.2. The van der Waals surface area contributed by atoms with Crippen molar-refractivity contribution in [2.75, 3.05) is 0 Å². The van der Waals surface area contributed by atoms with Crippen molar-refractivity contribution in [3.63, 3.8) is 0 Å². The predicted molar refractivity (Wildman–Crippen MR) is 53.3 cm³/mol. The molecule has 90 valence electrons. The third-order valence-corrected chi connectivity index (χ3v) is 1.82. The van der Waals surface area contributed by atoms with Gasteiger partial charge in [-0.15, -0.1) is 12.4 Å². The first-order valence-electron chi connectivity index (χ1n) is 3.89. The van der Waals surface area contributed by atoms with E-state index in [2.05, 4.69) is 0 Å². The maximum atomic E-state index is 12.2. The van der Waals surface area contributed by atoms with Crippen molar-refractivity contribution >= 4 is 18.1 Å². The minimum Gasteiger partial charge on any atom is -0.316 e. The third-order valence-electron chi connectivity index (χ3n) is 1.82. The Balaban J connectivity index is 0.00000225. The van der Waals surface area contributed by atoms with Crippen molar-refractivity contribution in [1.29, 1.82) is 0 Å². The molecule has 0 fully saturated rings. The van der Waals surface area contributed by atoms with Crippen LogP contribution in [0, 0.1) is 10.1 Å². The van der Waals surface area contributed by atoms with Crippen molar-refractivity contribution in [1.82, 2.24) is 0 Å². The molecule has 0 bridgehead atoms. The van der Waals surface area contributed by atoms with Gasteiger partial charge in [-0.2, -0.15) is 13.2 Å². The Morgan fingerprint density at radius 2 is 1.81 bits per heavy atom. The van der Waals surface area contributed by atoms with Gasteiger partial charge in [-0.25, -0.2) is 0 Å². The van der Waals surface area contributed by atoms with E-state index in [1.54, 1.807) is 0 Å². The van der Waals surface area contributed by atoms with Crippen LogP contribution >= 0.6 is 12.4 Å². The molecule has 16 heavy (non-hydrogen) atoms. The van der Waals surface area contributed by atoms with Crippen molar-refractivity contribution in [3.05, 3.63) is 39.9 Å². The standard InChI is InChI=1S/C8H7F3N2O2.ClH/c9-8(10,11)7(12)5-3-1-2-4-6(5)13(14)15;/h1-4,7H,12H2;1H/t7-;/m0./s1. The summed E-state index contributed by atoms with van der Waals surface area (Å²) in [4.78, 5) is 9.55. The van der Waals surface area contributed by atoms with E-state index in [0.717, 1.165) is 12.1 Å². The molecule has 0 amide bonds. The van der Waals surface area contributed by atoms with Gasteiger partial charge in [0.25, 0.3) is 5.69 Å². The molecule has 0 radical (unpaired) electrons. The fourth-order valence-electron chi connectivity index (χ4n) is 1.09. The van der Waals surface area contributed by atoms with E-state index in [1.165, 1.54) is 12.1 Å². The van der Waals surface area contributed by atoms with Crippen LogP contribution in [0.5, 0.6) is 0 Å². The number of para-hydroxylation sites is 1. The lowest BCUT2D eigenvalue weighted by Gasteiger charge is -2.15. The van der Waals surface area contributed by atoms with E-state index >= 15 is 0 Å². The Bertz CT molecular complexity index is 384. The second-order valence-corrected chi connectivity index (χ2v) is 2.84. The van der Waals surface area contributed by atoms with Crippen molar-refractivity contribution in [2.24, 2.45) is 5.73 Å². The number of hydrogen-bond acceptors (Lipinski definition) is 3. The Hall–Kier alpha value is -1.34. The zero-order valence-corrected chi connectivity index (χ0v) is 8.59. The van der Waals surface area contributed by atoms with E-state index in [1.807, 2.05) is 0 Å². The number of nitrogens with zero attached hydrogens (tertiary/aromatic N) is 1. The molecule has 4 nitrogen and oxygen atoms in total. The highest BCUT2D eigenvalue weighted by molar-refractivity contribution is 5.85. The summed E-state index contributed by atoms with van der Waals surface area (Å²) in [5.74, 6) is 0. The molecule has 0 aliphatic heterocycles. The van der Waals surface area contributed by atoms with Crippen LogP contribution in [0.3, 0.4) is 0 Å². The summed E-state index contributed by atoms with van der Waals surface area (Å²) in [5.41, 5.74) is 3.73. The molecule has 2 N–H and O–H groups in total. The van der Waals surface area contributed by atoms with Gasteiger partial charge in [0.05, 0.1) is 10.5 Å². The zero-order chi connectivity index (χ0) is 11.6. The average Bonchev–Trinajstić information content (AvgIpc) is 2.15. The van der Waals surface area contributed by atoms with Crippen LogP contribution in [0.15, 0.2) is 24.3 Å². The van der Waals surface area contributed by atoms with E-state index in [4.69, 9.17) is 5.73 Å². The molecule has 1 aromatic rings. The van der Waals surface area contributed by atoms with Gasteiger partial charge in [0.1, 0.15) is 6.04 Å². The molecular formula is C8H8ClF3N2O2. The van der Waals surface area contributed by atoms with Crippen LogP contribution in [0.4, 0.5) is 18.9 Å². The topological polar surface area (TPSA) is 69.2 Å². The van der Waals surface area contributed by atoms with Gasteiger partial charge < -0.3 is 5.73 Å². The number of hydrogen-bond donors (Lipinski definition) is 1. The molecule has 0 spiro atoms. The van der Waals surface area contributed by atoms with E-state index in [0.29, 0.717) is 0 Å². The minimum absolute atomic E-state index is 0. The molecule has 0 unspecified atom stereocenters. The molecule has 0 aliphatic rings. The molecule has 1 rings (SSSR count). The lowest BCUT2D eigenvalue weighted by atomic mass is 10.1. The highest BCUT2D eigenvalue weighted by Gasteiger charge is 2.40. The smallest absolute Gasteiger partial charge is 0.316 e. The number of alkyl halides is 3. The number of halogens is 4. The first kappa shape index (κ1) is 14.7. The van der Waals surface area contributed by atoms with Crippen LogP contribution in [-0.2, 0) is 0 Å². The first-order chi connectivity index (χ1) is 6.84. The summed E-state index contributed by atoms with van der Waals surface area (Å²) >= 11 is 0. The predicted octanol–water partition coefficient (Wildman–Crippen LogP) is 2.58. The number of nitro benzene ring substituents is 1. The quantitative estimate of drug-likeness (QED) is 0.653. The number of benzene rings is 1. The fourth-order valence-corrected chi connectivity index (χ4v) is 1.09. The number of rotatable bonds is 2. The van der Waals surface area contributed by atoms with Gasteiger partial charge in [0.2, 0.25) is 0 Å². The van der Waals surface area contributed by atoms with Crippen molar-refractivity contribution < 1.29 is 18.1 Å². The summed E-state index contributed by atoms with van der Waals surface area (Å²) < 4.78 is 36.7. The Morgan fingerprint density at radius 3 is 2.25 bits per heavy atom. The van der Waals surface area contributed by atoms with Gasteiger partial charge in [-0.3, -0.25) is 10.1 Å². The second kappa shape index (κ2) is 5.13. The lowest BCUT2D eigenvalue weighted by Crippen LogP contribution is -2.29. The van der Waals surface area contributed by atoms with Crippen molar-refractivity contribution in [2.45, 2.75) is 12.2 Å². The van der Waals surface area contributed by atoms with Gasteiger partial charge in [0, 0.05) is 6.07 Å². The zero-order valence-electron chi connectivity index (χ0n) is 7.77. The molecule has 0 aliphatic carbocycles. The van der Waals surface area contributed by atoms with Crippen LogP contribution in [0.1, 0.15) is 11.6 Å². The van der Waals surface area contributed by atoms with Gasteiger partial charge in [-0.05, 0) is 0 Å². The SMILES string of the molecule is Cl.N[C@@H](c1ccccc1[N+](=O)[O-])C(F)(F)F. The molecular weight excluding hydrogens is 249 g/mol. The monoisotopic (exact) mass is 256 g/mol. The normalized spacial score (nSPS) is 12.8. The molecule has 0 saturated heterocycles. The summed E-state index contributed by atoms with van der Waals surface area (Å²) in [5, 5.41) is 10.4. The highest BCUT2D eigenvalue weighted by atomic mass is 35.5. The number of nitrogens with two attached hydrogens (primary N) is 1. The van der Waals surface area contributed by atoms with Crippen LogP contribution in [-0.4, -0.2) is 11.1 Å². The summed E-state index contributed by atoms with van der Waals surface area (Å²) in [6, 6.07) is 2.20. The molecule has 1 atom stereocenters. The lowest BCUT2D eigenvalue weighted by molar-refractivity contribution is -0.386. The minimum atomic E-state index is -4.69. The summed E-state index contributed by atoms with van der Waals surface area (Å²) in [6.45, 7) is 0. The average molecular weight is 257 g/mol. The van der Waals surface area contributed by atoms with E-state index in [9.17, 15) is 23.3 Å². The third kappa shape index (κ3) is 3.07. The Morgan fingerprint density at radius 1 is 1.31 bits per heavy atom. The molecule has 0 saturated carbocycles. The highest BCUT2D eigenvalue weighted by Crippen LogP contribution is 2.34. The van der Waals surface area contributed by atoms with Gasteiger partial charge in [0.15, 0.2) is 0 Å². The summed E-state index contributed by atoms with van der Waals surface area (Å²) in [7, 11) is 0. The van der Waals surface area contributed by atoms with E-state index in [-0.39, 0.29) is 12.4 Å². The first-order valence-corrected chi connectivity index (χ1v) is 3.89. The fraction of sp³-hybridized carbons (Fsp3) is 0.250. The molecule has 8 heteroatoms. The largest absolute Gasteiger partial charge is 0.407 e. The Kier molecular flexibility index (Phi) is 4.70. The van der Waals surface area contributed by atoms with E-state index < -0.39 is 28.4 Å². The molecule has 1 aromatic carbocycles. The molecule has 0 aromatic heterocycles. The second-order valence-electron chi connectivity index (χ2n) is 2.84. The van der Waals surface area contributed by atoms with Gasteiger partial charge >= 0.3 is 6.18 Å². The van der Waals surface area contributed by atoms with Crippen LogP contribution in [0.2, 0.25) is 0 Å². The van der Waals surface area contributed by atoms with Crippen LogP contribution in [0.25, 0.3) is 0 Å². The van der Waals surface area contributed by atoms with Crippen LogP contribution < -0.4 is 5.73 Å². The molecule has 0 heterocycles. The maximum Gasteiger partial charge on any atom is 0.407 e. The number of nitro groups is 1. The summed E-state index contributed by atoms with van der Waals surface area (Å²) in [6.07, 6.45) is -4.69. The van der Waals surface area contributed by atoms with Crippen molar-refractivity contribution in [3.8, 4) is 0 Å².